The maximum absolute atomic E-state index is 12.5. The van der Waals surface area contributed by atoms with E-state index in [0.29, 0.717) is 22.7 Å². The molecular weight excluding hydrogens is 394 g/mol. The van der Waals surface area contributed by atoms with E-state index in [-0.39, 0.29) is 5.91 Å². The number of rotatable bonds is 5. The van der Waals surface area contributed by atoms with Gasteiger partial charge in [0, 0.05) is 17.4 Å². The van der Waals surface area contributed by atoms with Crippen LogP contribution in [-0.2, 0) is 4.79 Å². The molecule has 0 atom stereocenters. The monoisotopic (exact) mass is 423 g/mol. The molecule has 0 radical (unpaired) electrons. The Balaban J connectivity index is 1.53. The summed E-state index contributed by atoms with van der Waals surface area (Å²) in [4.78, 5) is 17.8. The maximum atomic E-state index is 12.5. The van der Waals surface area contributed by atoms with Crippen molar-refractivity contribution in [3.05, 3.63) is 52.2 Å². The second-order valence-electron chi connectivity index (χ2n) is 7.90. The van der Waals surface area contributed by atoms with Gasteiger partial charge in [-0.05, 0) is 87.3 Å². The van der Waals surface area contributed by atoms with Crippen LogP contribution in [0.3, 0.4) is 0 Å². The lowest BCUT2D eigenvalue weighted by atomic mass is 9.95. The minimum atomic E-state index is -0.0906. The van der Waals surface area contributed by atoms with E-state index >= 15 is 0 Å². The lowest BCUT2D eigenvalue weighted by Crippen LogP contribution is -2.19. The number of amides is 1. The van der Waals surface area contributed by atoms with Gasteiger partial charge in [0.05, 0.1) is 17.2 Å². The van der Waals surface area contributed by atoms with Crippen LogP contribution in [-0.4, -0.2) is 22.2 Å². The summed E-state index contributed by atoms with van der Waals surface area (Å²) < 4.78 is 7.93. The standard InChI is InChI=1S/C24H29N3O2S/c1-4-29-21-12-10-19(11-13-21)25-24-26-23(28)22(30-24)15-18-14-16(2)27(17(18)3)20-8-6-5-7-9-20/h10-15,20H,4-9H2,1-3H3,(H,25,26,28)/b22-15-. The number of carbonyl (C=O) groups is 1. The number of aromatic nitrogens is 1. The Hall–Kier alpha value is -2.47. The molecule has 6 heteroatoms. The van der Waals surface area contributed by atoms with E-state index in [9.17, 15) is 4.79 Å². The van der Waals surface area contributed by atoms with Crippen LogP contribution in [0.5, 0.6) is 5.75 Å². The third-order valence-electron chi connectivity index (χ3n) is 5.78. The van der Waals surface area contributed by atoms with Gasteiger partial charge in [-0.1, -0.05) is 19.3 Å². The molecule has 4 rings (SSSR count). The molecule has 158 valence electrons. The first kappa shape index (κ1) is 20.8. The molecule has 5 nitrogen and oxygen atoms in total. The van der Waals surface area contributed by atoms with Crippen LogP contribution in [0.2, 0.25) is 0 Å². The quantitative estimate of drug-likeness (QED) is 0.609. The van der Waals surface area contributed by atoms with Crippen LogP contribution in [0, 0.1) is 13.8 Å². The van der Waals surface area contributed by atoms with Crippen LogP contribution in [0.4, 0.5) is 5.69 Å². The number of aliphatic imine (C=N–C) groups is 1. The van der Waals surface area contributed by atoms with Crippen molar-refractivity contribution < 1.29 is 9.53 Å². The molecule has 1 aliphatic heterocycles. The van der Waals surface area contributed by atoms with Crippen molar-refractivity contribution >= 4 is 34.6 Å². The smallest absolute Gasteiger partial charge is 0.264 e. The van der Waals surface area contributed by atoms with Crippen molar-refractivity contribution in [1.82, 2.24) is 9.88 Å². The molecule has 2 aliphatic rings. The van der Waals surface area contributed by atoms with Crippen LogP contribution in [0.1, 0.15) is 62.0 Å². The largest absolute Gasteiger partial charge is 0.494 e. The van der Waals surface area contributed by atoms with E-state index in [4.69, 9.17) is 4.74 Å². The summed E-state index contributed by atoms with van der Waals surface area (Å²) in [5.41, 5.74) is 4.44. The van der Waals surface area contributed by atoms with Gasteiger partial charge in [0.2, 0.25) is 0 Å². The average molecular weight is 424 g/mol. The number of aryl methyl sites for hydroxylation is 1. The Labute approximate surface area is 182 Å². The van der Waals surface area contributed by atoms with Crippen LogP contribution in [0.15, 0.2) is 40.2 Å². The van der Waals surface area contributed by atoms with E-state index in [1.807, 2.05) is 37.3 Å². The molecule has 1 N–H and O–H groups in total. The van der Waals surface area contributed by atoms with Gasteiger partial charge in [-0.25, -0.2) is 4.99 Å². The van der Waals surface area contributed by atoms with Crippen molar-refractivity contribution in [2.75, 3.05) is 6.61 Å². The summed E-state index contributed by atoms with van der Waals surface area (Å²) in [5, 5.41) is 3.49. The number of benzene rings is 1. The topological polar surface area (TPSA) is 55.6 Å². The summed E-state index contributed by atoms with van der Waals surface area (Å²) >= 11 is 1.39. The average Bonchev–Trinajstić information content (AvgIpc) is 3.22. The Morgan fingerprint density at radius 1 is 1.20 bits per heavy atom. The number of hydrogen-bond donors (Lipinski definition) is 1. The molecule has 0 unspecified atom stereocenters. The number of nitrogens with one attached hydrogen (secondary N) is 1. The summed E-state index contributed by atoms with van der Waals surface area (Å²) in [7, 11) is 0. The van der Waals surface area contributed by atoms with E-state index in [2.05, 4.69) is 34.8 Å². The van der Waals surface area contributed by atoms with Crippen molar-refractivity contribution in [3.8, 4) is 5.75 Å². The number of hydrogen-bond acceptors (Lipinski definition) is 4. The zero-order chi connectivity index (χ0) is 21.1. The van der Waals surface area contributed by atoms with Gasteiger partial charge in [0.25, 0.3) is 5.91 Å². The molecule has 1 saturated heterocycles. The first-order valence-electron chi connectivity index (χ1n) is 10.8. The summed E-state index contributed by atoms with van der Waals surface area (Å²) in [6.45, 7) is 6.93. The van der Waals surface area contributed by atoms with Crippen LogP contribution < -0.4 is 10.1 Å². The van der Waals surface area contributed by atoms with Gasteiger partial charge in [0.15, 0.2) is 5.17 Å². The van der Waals surface area contributed by atoms with E-state index in [0.717, 1.165) is 17.0 Å². The molecule has 2 fully saturated rings. The zero-order valence-corrected chi connectivity index (χ0v) is 18.7. The molecule has 1 saturated carbocycles. The fraction of sp³-hybridized carbons (Fsp3) is 0.417. The van der Waals surface area contributed by atoms with Gasteiger partial charge in [-0.3, -0.25) is 4.79 Å². The Morgan fingerprint density at radius 2 is 1.93 bits per heavy atom. The number of nitrogens with zero attached hydrogens (tertiary/aromatic N) is 2. The summed E-state index contributed by atoms with van der Waals surface area (Å²) in [6, 6.07) is 10.4. The minimum Gasteiger partial charge on any atom is -0.494 e. The Kier molecular flexibility index (Phi) is 6.32. The number of ether oxygens (including phenoxy) is 1. The first-order chi connectivity index (χ1) is 14.5. The number of thioether (sulfide) groups is 1. The van der Waals surface area contributed by atoms with E-state index in [1.165, 1.54) is 55.3 Å². The number of amidine groups is 1. The lowest BCUT2D eigenvalue weighted by molar-refractivity contribution is -0.115. The highest BCUT2D eigenvalue weighted by molar-refractivity contribution is 8.18. The van der Waals surface area contributed by atoms with Gasteiger partial charge in [-0.2, -0.15) is 0 Å². The first-order valence-corrected chi connectivity index (χ1v) is 11.6. The molecule has 0 spiro atoms. The second-order valence-corrected chi connectivity index (χ2v) is 8.93. The molecule has 0 bridgehead atoms. The van der Waals surface area contributed by atoms with Crippen molar-refractivity contribution in [3.63, 3.8) is 0 Å². The fourth-order valence-corrected chi connectivity index (χ4v) is 5.21. The van der Waals surface area contributed by atoms with E-state index in [1.54, 1.807) is 0 Å². The van der Waals surface area contributed by atoms with E-state index < -0.39 is 0 Å². The molecule has 2 heterocycles. The van der Waals surface area contributed by atoms with Crippen LogP contribution >= 0.6 is 11.8 Å². The third kappa shape index (κ3) is 4.48. The van der Waals surface area contributed by atoms with Gasteiger partial charge >= 0.3 is 0 Å². The highest BCUT2D eigenvalue weighted by Crippen LogP contribution is 2.34. The molecule has 1 amide bonds. The molecule has 1 aliphatic carbocycles. The highest BCUT2D eigenvalue weighted by Gasteiger charge is 2.25. The van der Waals surface area contributed by atoms with Gasteiger partial charge < -0.3 is 14.6 Å². The predicted molar refractivity (Wildman–Crippen MR) is 124 cm³/mol. The summed E-state index contributed by atoms with van der Waals surface area (Å²) in [6.07, 6.45) is 8.47. The molecule has 2 aromatic rings. The normalized spacial score (nSPS) is 20.2. The predicted octanol–water partition coefficient (Wildman–Crippen LogP) is 5.90. The SMILES string of the molecule is CCOc1ccc(N=C2NC(=O)/C(=C/c3cc(C)n(C4CCCCC4)c3C)S2)cc1. The van der Waals surface area contributed by atoms with Crippen LogP contribution in [0.25, 0.3) is 6.08 Å². The second kappa shape index (κ2) is 9.13. The Bertz CT molecular complexity index is 983. The fourth-order valence-electron chi connectivity index (χ4n) is 4.37. The minimum absolute atomic E-state index is 0.0906. The Morgan fingerprint density at radius 3 is 2.63 bits per heavy atom. The molecule has 30 heavy (non-hydrogen) atoms. The van der Waals surface area contributed by atoms with Crippen molar-refractivity contribution in [2.45, 2.75) is 58.9 Å². The summed E-state index contributed by atoms with van der Waals surface area (Å²) in [5.74, 6) is 0.727. The lowest BCUT2D eigenvalue weighted by Gasteiger charge is -2.26. The maximum Gasteiger partial charge on any atom is 0.264 e. The van der Waals surface area contributed by atoms with Gasteiger partial charge in [0.1, 0.15) is 5.75 Å². The molecule has 1 aromatic carbocycles. The van der Waals surface area contributed by atoms with Gasteiger partial charge in [-0.15, -0.1) is 0 Å². The van der Waals surface area contributed by atoms with Crippen molar-refractivity contribution in [1.29, 1.82) is 0 Å². The third-order valence-corrected chi connectivity index (χ3v) is 6.69. The highest BCUT2D eigenvalue weighted by atomic mass is 32.2. The molecule has 1 aromatic heterocycles. The van der Waals surface area contributed by atoms with Crippen molar-refractivity contribution in [2.24, 2.45) is 4.99 Å². The number of carbonyl (C=O) groups excluding carboxylic acids is 1. The zero-order valence-electron chi connectivity index (χ0n) is 17.9. The molecular formula is C24H29N3O2S.